The van der Waals surface area contributed by atoms with Crippen LogP contribution in [0.4, 0.5) is 23.8 Å². The second kappa shape index (κ2) is 12.1. The van der Waals surface area contributed by atoms with Gasteiger partial charge in [0, 0.05) is 17.5 Å². The number of anilines is 1. The van der Waals surface area contributed by atoms with Crippen LogP contribution < -0.4 is 20.9 Å². The molecule has 3 rings (SSSR count). The molecular weight excluding hydrogens is 507 g/mol. The molecule has 3 N–H and O–H groups in total. The van der Waals surface area contributed by atoms with E-state index in [1.165, 1.54) is 11.6 Å². The molecule has 1 heterocycles. The van der Waals surface area contributed by atoms with E-state index >= 15 is 0 Å². The van der Waals surface area contributed by atoms with Crippen molar-refractivity contribution < 1.29 is 22.7 Å². The van der Waals surface area contributed by atoms with Gasteiger partial charge in [-0.3, -0.25) is 10.9 Å². The lowest BCUT2D eigenvalue weighted by Crippen LogP contribution is -2.40. The standard InChI is InChI=1S/C29H38F3N5O2/c1-7-27(3,4)19-14-15-23(21(18-19)28(5,6)8-2)39-17-11-16-33-26(38)37-36-24-20-12-9-10-13-22(20)34-25(35-24)29(30,31)32/h9-10,12-15,18H,7-8,11,16-17H2,1-6H3,(H2,33,37,38)(H,34,35,36). The van der Waals surface area contributed by atoms with E-state index in [-0.39, 0.29) is 22.2 Å². The van der Waals surface area contributed by atoms with E-state index in [1.54, 1.807) is 18.2 Å². The van der Waals surface area contributed by atoms with Crippen LogP contribution in [0.1, 0.15) is 77.8 Å². The summed E-state index contributed by atoms with van der Waals surface area (Å²) in [5.74, 6) is -0.605. The number of hydrogen-bond acceptors (Lipinski definition) is 5. The molecule has 0 spiro atoms. The summed E-state index contributed by atoms with van der Waals surface area (Å²) in [6.07, 6.45) is -2.20. The number of urea groups is 1. The number of carbonyl (C=O) groups is 1. The van der Waals surface area contributed by atoms with Crippen LogP contribution in [-0.4, -0.2) is 29.2 Å². The van der Waals surface area contributed by atoms with Crippen LogP contribution in [0, 0.1) is 0 Å². The molecule has 0 saturated heterocycles. The minimum absolute atomic E-state index is 0.0594. The SMILES string of the molecule is CCC(C)(C)c1ccc(OCCCNC(=O)NNc2nc(C(F)(F)F)nc3ccccc23)c(C(C)(C)CC)c1. The normalized spacial score (nSPS) is 12.3. The number of alkyl halides is 3. The van der Waals surface area contributed by atoms with Crippen molar-refractivity contribution in [3.8, 4) is 5.75 Å². The van der Waals surface area contributed by atoms with Crippen LogP contribution in [0.3, 0.4) is 0 Å². The Bertz CT molecular complexity index is 1290. The Morgan fingerprint density at radius 3 is 2.31 bits per heavy atom. The fourth-order valence-electron chi connectivity index (χ4n) is 3.92. The van der Waals surface area contributed by atoms with E-state index in [0.29, 0.717) is 25.0 Å². The average molecular weight is 546 g/mol. The Balaban J connectivity index is 1.56. The average Bonchev–Trinajstić information content (AvgIpc) is 2.90. The van der Waals surface area contributed by atoms with E-state index in [1.807, 2.05) is 6.07 Å². The number of nitrogens with zero attached hydrogens (tertiary/aromatic N) is 2. The molecule has 3 aromatic rings. The number of nitrogens with one attached hydrogen (secondary N) is 3. The maximum absolute atomic E-state index is 13.2. The summed E-state index contributed by atoms with van der Waals surface area (Å²) >= 11 is 0. The van der Waals surface area contributed by atoms with Crippen LogP contribution in [-0.2, 0) is 17.0 Å². The van der Waals surface area contributed by atoms with Crippen molar-refractivity contribution in [3.05, 3.63) is 59.4 Å². The third kappa shape index (κ3) is 7.52. The number of halogens is 3. The van der Waals surface area contributed by atoms with E-state index < -0.39 is 18.0 Å². The van der Waals surface area contributed by atoms with Crippen molar-refractivity contribution in [2.24, 2.45) is 0 Å². The van der Waals surface area contributed by atoms with E-state index in [2.05, 4.69) is 79.8 Å². The molecule has 7 nitrogen and oxygen atoms in total. The predicted octanol–water partition coefficient (Wildman–Crippen LogP) is 7.12. The molecule has 0 unspecified atom stereocenters. The number of aromatic nitrogens is 2. The fourth-order valence-corrected chi connectivity index (χ4v) is 3.92. The smallest absolute Gasteiger partial charge is 0.451 e. The van der Waals surface area contributed by atoms with Gasteiger partial charge in [-0.05, 0) is 53.9 Å². The predicted molar refractivity (Wildman–Crippen MR) is 148 cm³/mol. The number of benzene rings is 2. The van der Waals surface area contributed by atoms with Crippen LogP contribution >= 0.6 is 0 Å². The highest BCUT2D eigenvalue weighted by Crippen LogP contribution is 2.38. The number of hydrogen-bond donors (Lipinski definition) is 3. The van der Waals surface area contributed by atoms with E-state index in [4.69, 9.17) is 4.74 Å². The van der Waals surface area contributed by atoms with Gasteiger partial charge in [-0.2, -0.15) is 13.2 Å². The molecule has 0 bridgehead atoms. The topological polar surface area (TPSA) is 88.2 Å². The van der Waals surface area contributed by atoms with Crippen molar-refractivity contribution >= 4 is 22.8 Å². The molecule has 2 aromatic carbocycles. The third-order valence-corrected chi connectivity index (χ3v) is 7.27. The summed E-state index contributed by atoms with van der Waals surface area (Å²) in [5, 5.41) is 3.01. The molecule has 2 amide bonds. The monoisotopic (exact) mass is 545 g/mol. The van der Waals surface area contributed by atoms with Crippen molar-refractivity contribution in [3.63, 3.8) is 0 Å². The van der Waals surface area contributed by atoms with Gasteiger partial charge < -0.3 is 10.1 Å². The van der Waals surface area contributed by atoms with Crippen molar-refractivity contribution in [2.45, 2.75) is 77.8 Å². The second-order valence-electron chi connectivity index (χ2n) is 10.8. The third-order valence-electron chi connectivity index (χ3n) is 7.27. The van der Waals surface area contributed by atoms with Crippen LogP contribution in [0.25, 0.3) is 10.9 Å². The summed E-state index contributed by atoms with van der Waals surface area (Å²) in [4.78, 5) is 19.4. The maximum Gasteiger partial charge on any atom is 0.451 e. The summed E-state index contributed by atoms with van der Waals surface area (Å²) in [7, 11) is 0. The lowest BCUT2D eigenvalue weighted by Gasteiger charge is -2.30. The Labute approximate surface area is 227 Å². The van der Waals surface area contributed by atoms with Gasteiger partial charge in [0.2, 0.25) is 5.82 Å². The van der Waals surface area contributed by atoms with Gasteiger partial charge in [-0.1, -0.05) is 65.8 Å². The summed E-state index contributed by atoms with van der Waals surface area (Å²) in [5.41, 5.74) is 7.37. The number of amides is 2. The first-order valence-electron chi connectivity index (χ1n) is 13.2. The van der Waals surface area contributed by atoms with Gasteiger partial charge in [-0.25, -0.2) is 14.8 Å². The quantitative estimate of drug-likeness (QED) is 0.176. The summed E-state index contributed by atoms with van der Waals surface area (Å²) in [6, 6.07) is 12.0. The van der Waals surface area contributed by atoms with E-state index in [9.17, 15) is 18.0 Å². The number of para-hydroxylation sites is 1. The minimum atomic E-state index is -4.72. The highest BCUT2D eigenvalue weighted by atomic mass is 19.4. The highest BCUT2D eigenvalue weighted by Gasteiger charge is 2.35. The first kappa shape index (κ1) is 30.0. The largest absolute Gasteiger partial charge is 0.493 e. The number of ether oxygens (including phenoxy) is 1. The molecule has 0 aliphatic heterocycles. The van der Waals surface area contributed by atoms with Crippen molar-refractivity contribution in [1.82, 2.24) is 20.7 Å². The lowest BCUT2D eigenvalue weighted by atomic mass is 9.76. The minimum Gasteiger partial charge on any atom is -0.493 e. The Kier molecular flexibility index (Phi) is 9.30. The lowest BCUT2D eigenvalue weighted by molar-refractivity contribution is -0.144. The number of hydrazine groups is 1. The van der Waals surface area contributed by atoms with Crippen molar-refractivity contribution in [2.75, 3.05) is 18.6 Å². The Hall–Kier alpha value is -3.56. The fraction of sp³-hybridized carbons (Fsp3) is 0.483. The summed E-state index contributed by atoms with van der Waals surface area (Å²) < 4.78 is 45.7. The highest BCUT2D eigenvalue weighted by molar-refractivity contribution is 5.89. The molecule has 0 atom stereocenters. The van der Waals surface area contributed by atoms with Crippen molar-refractivity contribution in [1.29, 1.82) is 0 Å². The zero-order valence-electron chi connectivity index (χ0n) is 23.4. The van der Waals surface area contributed by atoms with Gasteiger partial charge in [0.25, 0.3) is 0 Å². The molecule has 10 heteroatoms. The molecule has 39 heavy (non-hydrogen) atoms. The first-order valence-corrected chi connectivity index (χ1v) is 13.2. The van der Waals surface area contributed by atoms with Crippen LogP contribution in [0.2, 0.25) is 0 Å². The molecule has 0 aliphatic rings. The van der Waals surface area contributed by atoms with E-state index in [0.717, 1.165) is 24.2 Å². The summed E-state index contributed by atoms with van der Waals surface area (Å²) in [6.45, 7) is 13.9. The molecular formula is C29H38F3N5O2. The van der Waals surface area contributed by atoms with Gasteiger partial charge in [0.05, 0.1) is 12.1 Å². The first-order chi connectivity index (χ1) is 18.3. The zero-order chi connectivity index (χ0) is 28.8. The molecule has 0 radical (unpaired) electrons. The van der Waals surface area contributed by atoms with Gasteiger partial charge in [-0.15, -0.1) is 0 Å². The van der Waals surface area contributed by atoms with Crippen LogP contribution in [0.15, 0.2) is 42.5 Å². The molecule has 1 aromatic heterocycles. The number of carbonyl (C=O) groups excluding carboxylic acids is 1. The Morgan fingerprint density at radius 1 is 0.949 bits per heavy atom. The number of fused-ring (bicyclic) bond motifs is 1. The Morgan fingerprint density at radius 2 is 1.64 bits per heavy atom. The second-order valence-corrected chi connectivity index (χ2v) is 10.8. The zero-order valence-corrected chi connectivity index (χ0v) is 23.4. The van der Waals surface area contributed by atoms with Crippen LogP contribution in [0.5, 0.6) is 5.75 Å². The van der Waals surface area contributed by atoms with Gasteiger partial charge in [0.15, 0.2) is 5.82 Å². The molecule has 212 valence electrons. The van der Waals surface area contributed by atoms with Gasteiger partial charge >= 0.3 is 12.2 Å². The molecule has 0 fully saturated rings. The number of rotatable bonds is 11. The van der Waals surface area contributed by atoms with Gasteiger partial charge in [0.1, 0.15) is 5.75 Å². The maximum atomic E-state index is 13.2. The molecule has 0 saturated carbocycles. The molecule has 0 aliphatic carbocycles.